The lowest BCUT2D eigenvalue weighted by Gasteiger charge is -2.52. The zero-order valence-electron chi connectivity index (χ0n) is 24.2. The van der Waals surface area contributed by atoms with E-state index in [9.17, 15) is 19.6 Å². The van der Waals surface area contributed by atoms with Crippen LogP contribution in [0.25, 0.3) is 0 Å². The fourth-order valence-corrected chi connectivity index (χ4v) is 5.39. The first kappa shape index (κ1) is 30.4. The molecular weight excluding hydrogens is 451 g/mol. The highest BCUT2D eigenvalue weighted by atomic mass is 16.4. The maximum absolute atomic E-state index is 13.9. The maximum Gasteiger partial charge on any atom is 0.488 e. The number of nitrogens with zero attached hydrogens (tertiary/aromatic N) is 1. The Kier molecular flexibility index (Phi) is 9.17. The van der Waals surface area contributed by atoms with Gasteiger partial charge >= 0.3 is 7.12 Å². The van der Waals surface area contributed by atoms with E-state index in [1.54, 1.807) is 24.3 Å². The molecule has 1 aromatic carbocycles. The van der Waals surface area contributed by atoms with Gasteiger partial charge in [-0.15, -0.1) is 0 Å². The Morgan fingerprint density at radius 3 is 2.11 bits per heavy atom. The van der Waals surface area contributed by atoms with E-state index in [1.165, 1.54) is 0 Å². The Labute approximate surface area is 219 Å². The number of hydrogen-bond acceptors (Lipinski definition) is 4. The van der Waals surface area contributed by atoms with Crippen LogP contribution in [0, 0.1) is 27.6 Å². The standard InChI is InChI=1S/C29H49BN2O4/c1-26(2,3)18-22(25(34)31-21-14-11-13-20(17-21)30(35)36)29(9,10)28(7,8)19-23(27(4,5)6)32-16-12-15-24(32)33/h11,13-14,17,22-23,35-36H,12,15-16,18-19H2,1-10H3,(H,31,34). The van der Waals surface area contributed by atoms with Crippen LogP contribution in [-0.4, -0.2) is 46.5 Å². The van der Waals surface area contributed by atoms with Crippen LogP contribution in [0.3, 0.4) is 0 Å². The monoisotopic (exact) mass is 500 g/mol. The molecule has 2 amide bonds. The number of likely N-dealkylation sites (tertiary alicyclic amines) is 1. The molecule has 1 saturated heterocycles. The summed E-state index contributed by atoms with van der Waals surface area (Å²) in [4.78, 5) is 28.7. The number of carbonyl (C=O) groups is 2. The summed E-state index contributed by atoms with van der Waals surface area (Å²) in [5.41, 5.74) is 0.0686. The van der Waals surface area contributed by atoms with Gasteiger partial charge in [0.05, 0.1) is 0 Å². The average molecular weight is 501 g/mol. The van der Waals surface area contributed by atoms with Crippen LogP contribution in [0.15, 0.2) is 24.3 Å². The molecule has 0 saturated carbocycles. The fourth-order valence-electron chi connectivity index (χ4n) is 5.39. The van der Waals surface area contributed by atoms with Gasteiger partial charge in [-0.1, -0.05) is 81.4 Å². The van der Waals surface area contributed by atoms with E-state index in [4.69, 9.17) is 0 Å². The number of benzene rings is 1. The van der Waals surface area contributed by atoms with Crippen LogP contribution in [0.4, 0.5) is 5.69 Å². The quantitative estimate of drug-likeness (QED) is 0.424. The zero-order chi connectivity index (χ0) is 27.7. The van der Waals surface area contributed by atoms with E-state index in [0.717, 1.165) is 19.4 Å². The molecule has 0 bridgehead atoms. The molecule has 1 aliphatic rings. The molecule has 2 atom stereocenters. The lowest BCUT2D eigenvalue weighted by molar-refractivity contribution is -0.136. The van der Waals surface area contributed by atoms with Crippen molar-refractivity contribution in [2.45, 2.75) is 101 Å². The predicted molar refractivity (Wildman–Crippen MR) is 149 cm³/mol. The molecule has 0 spiro atoms. The predicted octanol–water partition coefficient (Wildman–Crippen LogP) is 4.84. The second kappa shape index (κ2) is 10.9. The van der Waals surface area contributed by atoms with Gasteiger partial charge in [0.2, 0.25) is 11.8 Å². The first-order valence-corrected chi connectivity index (χ1v) is 13.3. The van der Waals surface area contributed by atoms with Gasteiger partial charge in [0, 0.05) is 30.6 Å². The molecule has 0 aliphatic carbocycles. The van der Waals surface area contributed by atoms with Gasteiger partial charge in [-0.3, -0.25) is 9.59 Å². The van der Waals surface area contributed by atoms with Crippen LogP contribution < -0.4 is 10.8 Å². The largest absolute Gasteiger partial charge is 0.488 e. The second-order valence-electron chi connectivity index (χ2n) is 14.2. The first-order chi connectivity index (χ1) is 16.3. The molecule has 1 aliphatic heterocycles. The summed E-state index contributed by atoms with van der Waals surface area (Å²) in [6.07, 6.45) is 3.02. The summed E-state index contributed by atoms with van der Waals surface area (Å²) in [5.74, 6) is -0.138. The molecule has 2 unspecified atom stereocenters. The van der Waals surface area contributed by atoms with Crippen molar-refractivity contribution in [2.75, 3.05) is 11.9 Å². The average Bonchev–Trinajstić information content (AvgIpc) is 3.14. The van der Waals surface area contributed by atoms with Crippen molar-refractivity contribution in [3.05, 3.63) is 24.3 Å². The molecule has 3 N–H and O–H groups in total. The summed E-state index contributed by atoms with van der Waals surface area (Å²) >= 11 is 0. The number of amides is 2. The summed E-state index contributed by atoms with van der Waals surface area (Å²) in [7, 11) is -1.59. The second-order valence-corrected chi connectivity index (χ2v) is 14.2. The molecule has 36 heavy (non-hydrogen) atoms. The summed E-state index contributed by atoms with van der Waals surface area (Å²) < 4.78 is 0. The Balaban J connectivity index is 2.41. The highest BCUT2D eigenvalue weighted by Gasteiger charge is 2.50. The lowest BCUT2D eigenvalue weighted by Crippen LogP contribution is -2.52. The Morgan fingerprint density at radius 1 is 1.03 bits per heavy atom. The minimum Gasteiger partial charge on any atom is -0.423 e. The molecular formula is C29H49BN2O4. The lowest BCUT2D eigenvalue weighted by atomic mass is 9.55. The molecule has 7 heteroatoms. The third-order valence-electron chi connectivity index (χ3n) is 8.39. The molecule has 6 nitrogen and oxygen atoms in total. The van der Waals surface area contributed by atoms with Crippen LogP contribution in [-0.2, 0) is 9.59 Å². The molecule has 0 aromatic heterocycles. The topological polar surface area (TPSA) is 89.9 Å². The fraction of sp³-hybridized carbons (Fsp3) is 0.724. The Morgan fingerprint density at radius 2 is 1.64 bits per heavy atom. The number of rotatable bonds is 9. The van der Waals surface area contributed by atoms with Crippen LogP contribution in [0.5, 0.6) is 0 Å². The van der Waals surface area contributed by atoms with E-state index >= 15 is 0 Å². The zero-order valence-corrected chi connectivity index (χ0v) is 24.2. The molecule has 1 fully saturated rings. The minimum atomic E-state index is -1.59. The first-order valence-electron chi connectivity index (χ1n) is 13.3. The SMILES string of the molecule is CC(C)(C)CC(C(=O)Nc1cccc(B(O)O)c1)C(C)(C)C(C)(C)CC(N1CCCC1=O)C(C)(C)C. The van der Waals surface area contributed by atoms with Gasteiger partial charge in [0.25, 0.3) is 0 Å². The van der Waals surface area contributed by atoms with Gasteiger partial charge < -0.3 is 20.3 Å². The smallest absolute Gasteiger partial charge is 0.423 e. The van der Waals surface area contributed by atoms with Crippen molar-refractivity contribution in [3.8, 4) is 0 Å². The van der Waals surface area contributed by atoms with Crippen molar-refractivity contribution in [1.82, 2.24) is 4.90 Å². The highest BCUT2D eigenvalue weighted by molar-refractivity contribution is 6.58. The molecule has 202 valence electrons. The van der Waals surface area contributed by atoms with Gasteiger partial charge in [-0.05, 0) is 58.5 Å². The van der Waals surface area contributed by atoms with Crippen molar-refractivity contribution < 1.29 is 19.6 Å². The van der Waals surface area contributed by atoms with Gasteiger partial charge in [0.1, 0.15) is 0 Å². The number of nitrogens with one attached hydrogen (secondary N) is 1. The van der Waals surface area contributed by atoms with E-state index in [1.807, 2.05) is 0 Å². The van der Waals surface area contributed by atoms with E-state index in [-0.39, 0.29) is 40.0 Å². The number of hydrogen-bond donors (Lipinski definition) is 3. The highest BCUT2D eigenvalue weighted by Crippen LogP contribution is 2.52. The number of carbonyl (C=O) groups excluding carboxylic acids is 2. The van der Waals surface area contributed by atoms with E-state index in [2.05, 4.69) is 79.5 Å². The summed E-state index contributed by atoms with van der Waals surface area (Å²) in [6.45, 7) is 22.7. The summed E-state index contributed by atoms with van der Waals surface area (Å²) in [5, 5.41) is 22.2. The molecule has 0 radical (unpaired) electrons. The number of anilines is 1. The minimum absolute atomic E-state index is 0.0721. The van der Waals surface area contributed by atoms with Gasteiger partial charge in [-0.2, -0.15) is 0 Å². The molecule has 1 heterocycles. The van der Waals surface area contributed by atoms with Crippen LogP contribution >= 0.6 is 0 Å². The van der Waals surface area contributed by atoms with Crippen LogP contribution in [0.1, 0.15) is 94.9 Å². The van der Waals surface area contributed by atoms with Gasteiger partial charge in [0.15, 0.2) is 0 Å². The van der Waals surface area contributed by atoms with Crippen LogP contribution in [0.2, 0.25) is 0 Å². The van der Waals surface area contributed by atoms with Crippen molar-refractivity contribution in [3.63, 3.8) is 0 Å². The molecule has 2 rings (SSSR count). The molecule has 1 aromatic rings. The summed E-state index contributed by atoms with van der Waals surface area (Å²) in [6, 6.07) is 6.78. The maximum atomic E-state index is 13.9. The third-order valence-corrected chi connectivity index (χ3v) is 8.39. The van der Waals surface area contributed by atoms with Gasteiger partial charge in [-0.25, -0.2) is 0 Å². The normalized spacial score (nSPS) is 17.2. The Hall–Kier alpha value is -1.86. The van der Waals surface area contributed by atoms with Crippen molar-refractivity contribution in [2.24, 2.45) is 27.6 Å². The van der Waals surface area contributed by atoms with Crippen molar-refractivity contribution >= 4 is 30.1 Å². The van der Waals surface area contributed by atoms with E-state index < -0.39 is 12.5 Å². The Bertz CT molecular complexity index is 928. The van der Waals surface area contributed by atoms with Crippen molar-refractivity contribution in [1.29, 1.82) is 0 Å². The third kappa shape index (κ3) is 7.35. The van der Waals surface area contributed by atoms with E-state index in [0.29, 0.717) is 24.0 Å².